The van der Waals surface area contributed by atoms with Crippen LogP contribution < -0.4 is 15.6 Å². The molecule has 1 N–H and O–H groups in total. The maximum Gasteiger partial charge on any atom is 0.251 e. The smallest absolute Gasteiger partial charge is 0.251 e. The molecule has 0 amide bonds. The summed E-state index contributed by atoms with van der Waals surface area (Å²) in [5.41, 5.74) is -0.748. The van der Waals surface area contributed by atoms with Gasteiger partial charge in [-0.1, -0.05) is 0 Å². The van der Waals surface area contributed by atoms with E-state index in [0.29, 0.717) is 37.6 Å². The van der Waals surface area contributed by atoms with Crippen molar-refractivity contribution in [3.63, 3.8) is 0 Å². The number of nitrogens with one attached hydrogen (secondary N) is 1. The summed E-state index contributed by atoms with van der Waals surface area (Å²) in [6.45, 7) is 2.50. The van der Waals surface area contributed by atoms with Crippen molar-refractivity contribution in [2.24, 2.45) is 0 Å². The summed E-state index contributed by atoms with van der Waals surface area (Å²) >= 11 is 1.73. The second-order valence-electron chi connectivity index (χ2n) is 9.07. The normalized spacial score (nSPS) is 21.4. The maximum atomic E-state index is 16.2. The number of pyridine rings is 2. The molecule has 3 aliphatic heterocycles. The van der Waals surface area contributed by atoms with Crippen molar-refractivity contribution in [3.8, 4) is 5.88 Å². The van der Waals surface area contributed by atoms with E-state index >= 15 is 4.39 Å². The van der Waals surface area contributed by atoms with Gasteiger partial charge in [0, 0.05) is 31.0 Å². The van der Waals surface area contributed by atoms with Gasteiger partial charge in [-0.25, -0.2) is 8.78 Å². The summed E-state index contributed by atoms with van der Waals surface area (Å²) in [6.07, 6.45) is 2.73. The molecule has 3 aromatic rings. The number of hydrogen-bond donors (Lipinski definition) is 1. The van der Waals surface area contributed by atoms with Gasteiger partial charge in [-0.05, 0) is 38.1 Å². The van der Waals surface area contributed by atoms with Crippen LogP contribution in [0.15, 0.2) is 34.1 Å². The van der Waals surface area contributed by atoms with Gasteiger partial charge in [-0.2, -0.15) is 5.10 Å². The molecule has 6 heterocycles. The summed E-state index contributed by atoms with van der Waals surface area (Å²) < 4.78 is 37.7. The topological polar surface area (TPSA) is 85.2 Å². The van der Waals surface area contributed by atoms with E-state index in [1.54, 1.807) is 11.8 Å². The zero-order valence-corrected chi connectivity index (χ0v) is 21.7. The van der Waals surface area contributed by atoms with Gasteiger partial charge in [0.2, 0.25) is 5.88 Å². The van der Waals surface area contributed by atoms with Crippen LogP contribution in [0.4, 0.5) is 8.78 Å². The molecule has 0 aliphatic carbocycles. The quantitative estimate of drug-likeness (QED) is 0.511. The van der Waals surface area contributed by atoms with E-state index in [9.17, 15) is 9.18 Å². The molecule has 0 radical (unpaired) electrons. The molecule has 3 aliphatic rings. The highest BCUT2D eigenvalue weighted by Crippen LogP contribution is 2.41. The lowest BCUT2D eigenvalue weighted by molar-refractivity contribution is 0.0636. The Morgan fingerprint density at radius 2 is 2.03 bits per heavy atom. The molecule has 0 bridgehead atoms. The number of piperidine rings is 1. The number of fused-ring (bicyclic) bond motifs is 1. The summed E-state index contributed by atoms with van der Waals surface area (Å²) in [7, 11) is 0. The number of ether oxygens (including phenoxy) is 1. The molecule has 1 saturated heterocycles. The van der Waals surface area contributed by atoms with E-state index in [1.807, 2.05) is 11.0 Å². The molecule has 0 aromatic carbocycles. The highest BCUT2D eigenvalue weighted by molar-refractivity contribution is 7.99. The minimum absolute atomic E-state index is 0. The molecule has 0 spiro atoms. The minimum atomic E-state index is -1.96. The van der Waals surface area contributed by atoms with Gasteiger partial charge in [0.15, 0.2) is 5.67 Å². The van der Waals surface area contributed by atoms with Gasteiger partial charge in [0.1, 0.15) is 5.82 Å². The first-order valence-electron chi connectivity index (χ1n) is 11.5. The van der Waals surface area contributed by atoms with Crippen LogP contribution in [0.2, 0.25) is 0 Å². The SMILES string of the molecule is Cl.Cl.O=c1ccc2ncc(F)c3c2n1CC3(F)CN1CCC(NCc2cc3c(nn2)OCCS3)CC1. The number of hydrogen-bond acceptors (Lipinski definition) is 8. The summed E-state index contributed by atoms with van der Waals surface area (Å²) in [5, 5.41) is 11.9. The Labute approximate surface area is 223 Å². The van der Waals surface area contributed by atoms with E-state index in [-0.39, 0.29) is 60.6 Å². The average molecular weight is 559 g/mol. The molecule has 0 saturated carbocycles. The Morgan fingerprint density at radius 3 is 2.83 bits per heavy atom. The minimum Gasteiger partial charge on any atom is -0.475 e. The zero-order valence-electron chi connectivity index (χ0n) is 19.3. The summed E-state index contributed by atoms with van der Waals surface area (Å²) in [5.74, 6) is 0.820. The molecule has 1 fully saturated rings. The Bertz CT molecular complexity index is 1320. The van der Waals surface area contributed by atoms with E-state index in [2.05, 4.69) is 20.5 Å². The number of aromatic nitrogens is 4. The van der Waals surface area contributed by atoms with Crippen LogP contribution in [0.3, 0.4) is 0 Å². The van der Waals surface area contributed by atoms with Crippen molar-refractivity contribution in [1.29, 1.82) is 0 Å². The molecule has 1 unspecified atom stereocenters. The maximum absolute atomic E-state index is 16.2. The molecule has 194 valence electrons. The highest BCUT2D eigenvalue weighted by atomic mass is 35.5. The van der Waals surface area contributed by atoms with Gasteiger partial charge >= 0.3 is 0 Å². The van der Waals surface area contributed by atoms with E-state index < -0.39 is 11.5 Å². The second-order valence-corrected chi connectivity index (χ2v) is 10.2. The summed E-state index contributed by atoms with van der Waals surface area (Å²) in [4.78, 5) is 19.4. The molecule has 36 heavy (non-hydrogen) atoms. The lowest BCUT2D eigenvalue weighted by Gasteiger charge is -2.36. The number of halogens is 4. The van der Waals surface area contributed by atoms with Gasteiger partial charge in [0.05, 0.1) is 46.5 Å². The van der Waals surface area contributed by atoms with Gasteiger partial charge in [-0.15, -0.1) is 41.7 Å². The summed E-state index contributed by atoms with van der Waals surface area (Å²) in [6, 6.07) is 5.18. The molecule has 3 aromatic heterocycles. The predicted molar refractivity (Wildman–Crippen MR) is 138 cm³/mol. The zero-order chi connectivity index (χ0) is 23.3. The first-order chi connectivity index (χ1) is 16.5. The Morgan fingerprint density at radius 1 is 1.22 bits per heavy atom. The number of nitrogens with zero attached hydrogens (tertiary/aromatic N) is 5. The molecule has 13 heteroatoms. The molecular formula is C23H26Cl2F2N6O2S. The first kappa shape index (κ1) is 27.0. The molecular weight excluding hydrogens is 533 g/mol. The Hall–Kier alpha value is -2.05. The van der Waals surface area contributed by atoms with Crippen LogP contribution in [-0.2, 0) is 18.8 Å². The number of rotatable bonds is 5. The average Bonchev–Trinajstić information content (AvgIpc) is 3.17. The fraction of sp³-hybridized carbons (Fsp3) is 0.478. The standard InChI is InChI=1S/C23H24F2N6O2S.2ClH/c24-16-11-27-17-1-2-19(32)31-13-23(25,20(16)21(17)31)12-30-5-3-14(4-6-30)26-10-15-9-18-22(29-28-15)33-7-8-34-18;;/h1-2,9,11,14,26H,3-8,10,12-13H2;2*1H. The van der Waals surface area contributed by atoms with Crippen LogP contribution in [-0.4, -0.2) is 62.7 Å². The number of alkyl halides is 1. The van der Waals surface area contributed by atoms with Crippen molar-refractivity contribution in [1.82, 2.24) is 30.0 Å². The first-order valence-corrected chi connectivity index (χ1v) is 12.4. The van der Waals surface area contributed by atoms with Crippen LogP contribution in [0.5, 0.6) is 5.88 Å². The monoisotopic (exact) mass is 558 g/mol. The third-order valence-corrected chi connectivity index (χ3v) is 7.78. The molecule has 1 atom stereocenters. The van der Waals surface area contributed by atoms with E-state index in [1.165, 1.54) is 16.7 Å². The third-order valence-electron chi connectivity index (χ3n) is 6.80. The fourth-order valence-electron chi connectivity index (χ4n) is 5.16. The van der Waals surface area contributed by atoms with E-state index in [0.717, 1.165) is 35.4 Å². The largest absolute Gasteiger partial charge is 0.475 e. The van der Waals surface area contributed by atoms with Crippen molar-refractivity contribution in [2.45, 2.75) is 42.5 Å². The van der Waals surface area contributed by atoms with Crippen LogP contribution in [0.25, 0.3) is 11.0 Å². The van der Waals surface area contributed by atoms with Crippen LogP contribution in [0.1, 0.15) is 24.1 Å². The van der Waals surface area contributed by atoms with Crippen molar-refractivity contribution < 1.29 is 13.5 Å². The Kier molecular flexibility index (Phi) is 8.06. The highest BCUT2D eigenvalue weighted by Gasteiger charge is 2.45. The fourth-order valence-corrected chi connectivity index (χ4v) is 5.99. The van der Waals surface area contributed by atoms with E-state index in [4.69, 9.17) is 4.74 Å². The third kappa shape index (κ3) is 4.91. The predicted octanol–water partition coefficient (Wildman–Crippen LogP) is 3.09. The van der Waals surface area contributed by atoms with Crippen molar-refractivity contribution >= 4 is 47.6 Å². The molecule has 6 rings (SSSR count). The van der Waals surface area contributed by atoms with Crippen LogP contribution >= 0.6 is 36.6 Å². The Balaban J connectivity index is 0.00000152. The second kappa shape index (κ2) is 10.7. The van der Waals surface area contributed by atoms with Gasteiger partial charge in [-0.3, -0.25) is 14.7 Å². The van der Waals surface area contributed by atoms with Gasteiger partial charge < -0.3 is 14.6 Å². The van der Waals surface area contributed by atoms with Crippen LogP contribution in [0, 0.1) is 5.82 Å². The lowest BCUT2D eigenvalue weighted by Crippen LogP contribution is -2.47. The molecule has 8 nitrogen and oxygen atoms in total. The number of likely N-dealkylation sites (tertiary alicyclic amines) is 1. The van der Waals surface area contributed by atoms with Crippen molar-refractivity contribution in [2.75, 3.05) is 32.0 Å². The van der Waals surface area contributed by atoms with Gasteiger partial charge in [0.25, 0.3) is 5.56 Å². The number of thioether (sulfide) groups is 1. The lowest BCUT2D eigenvalue weighted by atomic mass is 9.95. The van der Waals surface area contributed by atoms with Crippen molar-refractivity contribution in [3.05, 3.63) is 51.8 Å².